The fourth-order valence-electron chi connectivity index (χ4n) is 1.87. The highest BCUT2D eigenvalue weighted by Gasteiger charge is 1.89. The van der Waals surface area contributed by atoms with E-state index >= 15 is 0 Å². The van der Waals surface area contributed by atoms with Gasteiger partial charge in [0.15, 0.2) is 0 Å². The van der Waals surface area contributed by atoms with Crippen LogP contribution in [0, 0.1) is 0 Å². The van der Waals surface area contributed by atoms with Crippen LogP contribution in [-0.4, -0.2) is 0 Å². The van der Waals surface area contributed by atoms with Crippen molar-refractivity contribution in [3.8, 4) is 0 Å². The predicted octanol–water partition coefficient (Wildman–Crippen LogP) is 5.01. The minimum atomic E-state index is 1.30. The average Bonchev–Trinajstić information content (AvgIpc) is 2.22. The van der Waals surface area contributed by atoms with Crippen molar-refractivity contribution in [2.24, 2.45) is 0 Å². The molecule has 0 radical (unpaired) electrons. The third-order valence-electron chi connectivity index (χ3n) is 2.82. The molecule has 14 heavy (non-hydrogen) atoms. The number of allylic oxidation sites excluding steroid dienone is 4. The number of rotatable bonds is 0. The summed E-state index contributed by atoms with van der Waals surface area (Å²) in [7, 11) is 0. The Morgan fingerprint density at radius 1 is 0.357 bits per heavy atom. The van der Waals surface area contributed by atoms with Crippen LogP contribution in [0.3, 0.4) is 0 Å². The van der Waals surface area contributed by atoms with Crippen molar-refractivity contribution in [2.45, 2.75) is 64.2 Å². The molecule has 80 valence electrons. The SMILES string of the molecule is C1=CCCCCCC=CCCCCC1. The molecule has 0 heterocycles. The summed E-state index contributed by atoms with van der Waals surface area (Å²) in [5.41, 5.74) is 0. The Labute approximate surface area is 89.1 Å². The van der Waals surface area contributed by atoms with Gasteiger partial charge in [-0.1, -0.05) is 37.1 Å². The summed E-state index contributed by atoms with van der Waals surface area (Å²) in [5, 5.41) is 0. The zero-order chi connectivity index (χ0) is 9.90. The minimum absolute atomic E-state index is 1.30. The monoisotopic (exact) mass is 192 g/mol. The lowest BCUT2D eigenvalue weighted by Crippen LogP contribution is -1.78. The first-order chi connectivity index (χ1) is 7.00. The topological polar surface area (TPSA) is 0 Å². The normalized spacial score (nSPS) is 21.7. The lowest BCUT2D eigenvalue weighted by Gasteiger charge is -1.98. The van der Waals surface area contributed by atoms with Crippen LogP contribution in [0.5, 0.6) is 0 Å². The summed E-state index contributed by atoms with van der Waals surface area (Å²) in [6, 6.07) is 0. The standard InChI is InChI=1S/C14H24/c1-2-4-6-8-10-12-14-13-11-9-7-5-3-1/h1-2,13-14H,3-12H2. The smallest absolute Gasteiger partial charge is 0.0351 e. The van der Waals surface area contributed by atoms with Crippen LogP contribution < -0.4 is 0 Å². The van der Waals surface area contributed by atoms with Crippen molar-refractivity contribution in [1.29, 1.82) is 0 Å². The van der Waals surface area contributed by atoms with E-state index in [1.54, 1.807) is 0 Å². The summed E-state index contributed by atoms with van der Waals surface area (Å²) < 4.78 is 0. The zero-order valence-electron chi connectivity index (χ0n) is 9.38. The van der Waals surface area contributed by atoms with E-state index in [1.807, 2.05) is 0 Å². The number of hydrogen-bond donors (Lipinski definition) is 0. The third-order valence-corrected chi connectivity index (χ3v) is 2.82. The molecular formula is C14H24. The van der Waals surface area contributed by atoms with Crippen LogP contribution in [0.25, 0.3) is 0 Å². The highest BCUT2D eigenvalue weighted by atomic mass is 14.0. The second kappa shape index (κ2) is 9.05. The maximum atomic E-state index is 2.38. The van der Waals surface area contributed by atoms with Crippen molar-refractivity contribution in [1.82, 2.24) is 0 Å². The van der Waals surface area contributed by atoms with Gasteiger partial charge in [0.1, 0.15) is 0 Å². The molecular weight excluding hydrogens is 168 g/mol. The van der Waals surface area contributed by atoms with E-state index in [4.69, 9.17) is 0 Å². The van der Waals surface area contributed by atoms with Gasteiger partial charge in [0.2, 0.25) is 0 Å². The number of hydrogen-bond acceptors (Lipinski definition) is 0. The molecule has 0 spiro atoms. The fraction of sp³-hybridized carbons (Fsp3) is 0.714. The molecule has 0 aromatic carbocycles. The zero-order valence-corrected chi connectivity index (χ0v) is 9.38. The molecule has 0 amide bonds. The van der Waals surface area contributed by atoms with Crippen molar-refractivity contribution in [3.63, 3.8) is 0 Å². The first-order valence-corrected chi connectivity index (χ1v) is 6.30. The van der Waals surface area contributed by atoms with Gasteiger partial charge in [0, 0.05) is 0 Å². The first-order valence-electron chi connectivity index (χ1n) is 6.30. The predicted molar refractivity (Wildman–Crippen MR) is 64.5 cm³/mol. The molecule has 0 nitrogen and oxygen atoms in total. The highest BCUT2D eigenvalue weighted by molar-refractivity contribution is 4.84. The van der Waals surface area contributed by atoms with E-state index in [0.717, 1.165) is 0 Å². The summed E-state index contributed by atoms with van der Waals surface area (Å²) in [4.78, 5) is 0. The molecule has 0 fully saturated rings. The maximum Gasteiger partial charge on any atom is -0.0351 e. The van der Waals surface area contributed by atoms with Crippen LogP contribution in [0.1, 0.15) is 64.2 Å². The molecule has 0 unspecified atom stereocenters. The quantitative estimate of drug-likeness (QED) is 0.473. The van der Waals surface area contributed by atoms with Crippen LogP contribution in [-0.2, 0) is 0 Å². The Bertz CT molecular complexity index is 129. The Hall–Kier alpha value is -0.520. The average molecular weight is 192 g/mol. The molecule has 0 N–H and O–H groups in total. The summed E-state index contributed by atoms with van der Waals surface area (Å²) in [6.45, 7) is 0. The minimum Gasteiger partial charge on any atom is -0.0885 e. The van der Waals surface area contributed by atoms with Gasteiger partial charge in [0.05, 0.1) is 0 Å². The maximum absolute atomic E-state index is 2.38. The molecule has 0 bridgehead atoms. The van der Waals surface area contributed by atoms with Gasteiger partial charge in [-0.25, -0.2) is 0 Å². The third kappa shape index (κ3) is 6.94. The van der Waals surface area contributed by atoms with Crippen LogP contribution in [0.4, 0.5) is 0 Å². The van der Waals surface area contributed by atoms with Crippen molar-refractivity contribution < 1.29 is 0 Å². The first kappa shape index (κ1) is 11.6. The van der Waals surface area contributed by atoms with Gasteiger partial charge in [-0.2, -0.15) is 0 Å². The molecule has 0 saturated heterocycles. The lowest BCUT2D eigenvalue weighted by atomic mass is 10.1. The molecule has 0 atom stereocenters. The van der Waals surface area contributed by atoms with Crippen molar-refractivity contribution in [2.75, 3.05) is 0 Å². The second-order valence-corrected chi connectivity index (χ2v) is 4.22. The molecule has 0 aromatic heterocycles. The summed E-state index contributed by atoms with van der Waals surface area (Å²) >= 11 is 0. The van der Waals surface area contributed by atoms with E-state index in [1.165, 1.54) is 64.2 Å². The fourth-order valence-corrected chi connectivity index (χ4v) is 1.87. The highest BCUT2D eigenvalue weighted by Crippen LogP contribution is 2.09. The molecule has 0 aliphatic heterocycles. The van der Waals surface area contributed by atoms with Gasteiger partial charge in [0.25, 0.3) is 0 Å². The van der Waals surface area contributed by atoms with E-state index in [9.17, 15) is 0 Å². The largest absolute Gasteiger partial charge is 0.0885 e. The van der Waals surface area contributed by atoms with Crippen molar-refractivity contribution in [3.05, 3.63) is 24.3 Å². The van der Waals surface area contributed by atoms with E-state index < -0.39 is 0 Å². The molecule has 0 saturated carbocycles. The van der Waals surface area contributed by atoms with E-state index in [0.29, 0.717) is 0 Å². The second-order valence-electron chi connectivity index (χ2n) is 4.22. The van der Waals surface area contributed by atoms with E-state index in [-0.39, 0.29) is 0 Å². The summed E-state index contributed by atoms with van der Waals surface area (Å²) in [5.74, 6) is 0. The Morgan fingerprint density at radius 3 is 0.929 bits per heavy atom. The Morgan fingerprint density at radius 2 is 0.643 bits per heavy atom. The van der Waals surface area contributed by atoms with Gasteiger partial charge >= 0.3 is 0 Å². The molecule has 1 aliphatic rings. The van der Waals surface area contributed by atoms with Crippen LogP contribution in [0.2, 0.25) is 0 Å². The molecule has 1 aliphatic carbocycles. The Balaban J connectivity index is 2.15. The van der Waals surface area contributed by atoms with Crippen LogP contribution in [0.15, 0.2) is 24.3 Å². The van der Waals surface area contributed by atoms with Gasteiger partial charge in [-0.15, -0.1) is 0 Å². The van der Waals surface area contributed by atoms with E-state index in [2.05, 4.69) is 24.3 Å². The lowest BCUT2D eigenvalue weighted by molar-refractivity contribution is 0.675. The van der Waals surface area contributed by atoms with Crippen molar-refractivity contribution >= 4 is 0 Å². The van der Waals surface area contributed by atoms with Gasteiger partial charge in [-0.05, 0) is 51.4 Å². The Kier molecular flexibility index (Phi) is 7.47. The molecule has 0 aromatic rings. The molecule has 0 heteroatoms. The summed E-state index contributed by atoms with van der Waals surface area (Å²) in [6.07, 6.45) is 23.0. The van der Waals surface area contributed by atoms with Gasteiger partial charge in [-0.3, -0.25) is 0 Å². The van der Waals surface area contributed by atoms with Gasteiger partial charge < -0.3 is 0 Å². The van der Waals surface area contributed by atoms with Crippen LogP contribution >= 0.6 is 0 Å². The molecule has 1 rings (SSSR count).